The van der Waals surface area contributed by atoms with Crippen molar-refractivity contribution in [3.05, 3.63) is 23.8 Å². The molecule has 0 radical (unpaired) electrons. The first-order chi connectivity index (χ1) is 8.30. The summed E-state index contributed by atoms with van der Waals surface area (Å²) in [6, 6.07) is 3.70. The van der Waals surface area contributed by atoms with Crippen molar-refractivity contribution in [3.63, 3.8) is 0 Å². The number of alkyl halides is 3. The summed E-state index contributed by atoms with van der Waals surface area (Å²) >= 11 is 0. The molecule has 0 bridgehead atoms. The molecule has 3 N–H and O–H groups in total. The van der Waals surface area contributed by atoms with Crippen molar-refractivity contribution in [1.82, 2.24) is 0 Å². The normalized spacial score (nSPS) is 13.3. The minimum absolute atomic E-state index is 0.289. The molecule has 0 saturated carbocycles. The summed E-state index contributed by atoms with van der Waals surface area (Å²) in [5, 5.41) is 2.85. The number of hydrogen-bond acceptors (Lipinski definition) is 3. The molecule has 102 valence electrons. The fourth-order valence-corrected chi connectivity index (χ4v) is 1.97. The molecule has 1 aromatic carbocycles. The predicted molar refractivity (Wildman–Crippen MR) is 67.9 cm³/mol. The van der Waals surface area contributed by atoms with Crippen molar-refractivity contribution in [1.29, 1.82) is 0 Å². The van der Waals surface area contributed by atoms with E-state index in [1.807, 2.05) is 0 Å². The minimum atomic E-state index is -4.45. The standard InChI is InChI=1S/C11H15F3N2OS/c1-18(17)6-2-5-16-8-3-4-10(15)9(7-8)11(12,13)14/h3-4,7,16H,2,5-6,15H2,1H3. The van der Waals surface area contributed by atoms with Gasteiger partial charge in [-0.05, 0) is 24.6 Å². The van der Waals surface area contributed by atoms with Gasteiger partial charge in [-0.2, -0.15) is 13.2 Å². The maximum Gasteiger partial charge on any atom is 0.418 e. The van der Waals surface area contributed by atoms with Crippen molar-refractivity contribution >= 4 is 22.2 Å². The van der Waals surface area contributed by atoms with Gasteiger partial charge in [-0.1, -0.05) is 0 Å². The lowest BCUT2D eigenvalue weighted by atomic mass is 10.1. The molecule has 0 aromatic heterocycles. The Morgan fingerprint density at radius 1 is 1.39 bits per heavy atom. The summed E-state index contributed by atoms with van der Waals surface area (Å²) < 4.78 is 48.5. The van der Waals surface area contributed by atoms with E-state index in [2.05, 4.69) is 5.32 Å². The fraction of sp³-hybridized carbons (Fsp3) is 0.455. The highest BCUT2D eigenvalue weighted by molar-refractivity contribution is 7.84. The lowest BCUT2D eigenvalue weighted by Gasteiger charge is -2.12. The van der Waals surface area contributed by atoms with Gasteiger partial charge in [0.15, 0.2) is 0 Å². The van der Waals surface area contributed by atoms with Crippen molar-refractivity contribution in [2.24, 2.45) is 0 Å². The van der Waals surface area contributed by atoms with E-state index >= 15 is 0 Å². The van der Waals surface area contributed by atoms with Crippen LogP contribution in [-0.2, 0) is 17.0 Å². The molecule has 0 fully saturated rings. The van der Waals surface area contributed by atoms with E-state index in [4.69, 9.17) is 5.73 Å². The summed E-state index contributed by atoms with van der Waals surface area (Å²) in [6.45, 7) is 0.473. The van der Waals surface area contributed by atoms with Crippen LogP contribution in [0.25, 0.3) is 0 Å². The summed E-state index contributed by atoms with van der Waals surface area (Å²) in [5.74, 6) is 0.522. The Bertz CT molecular complexity index is 435. The van der Waals surface area contributed by atoms with Crippen LogP contribution in [0.5, 0.6) is 0 Å². The molecule has 0 amide bonds. The van der Waals surface area contributed by atoms with Crippen LogP contribution < -0.4 is 11.1 Å². The fourth-order valence-electron chi connectivity index (χ4n) is 1.42. The highest BCUT2D eigenvalue weighted by Gasteiger charge is 2.33. The number of halogens is 3. The summed E-state index contributed by atoms with van der Waals surface area (Å²) in [7, 11) is -0.886. The van der Waals surface area contributed by atoms with Crippen LogP contribution in [0.15, 0.2) is 18.2 Å². The van der Waals surface area contributed by atoms with E-state index in [1.165, 1.54) is 12.1 Å². The van der Waals surface area contributed by atoms with Gasteiger partial charge in [-0.3, -0.25) is 4.21 Å². The van der Waals surface area contributed by atoms with E-state index in [9.17, 15) is 17.4 Å². The van der Waals surface area contributed by atoms with Gasteiger partial charge < -0.3 is 11.1 Å². The van der Waals surface area contributed by atoms with Gasteiger partial charge in [0.25, 0.3) is 0 Å². The van der Waals surface area contributed by atoms with Crippen molar-refractivity contribution < 1.29 is 17.4 Å². The van der Waals surface area contributed by atoms with Crippen molar-refractivity contribution in [3.8, 4) is 0 Å². The van der Waals surface area contributed by atoms with E-state index in [1.54, 1.807) is 6.26 Å². The summed E-state index contributed by atoms with van der Waals surface area (Å²) in [4.78, 5) is 0. The first-order valence-corrected chi connectivity index (χ1v) is 7.04. The third-order valence-electron chi connectivity index (χ3n) is 2.30. The maximum absolute atomic E-state index is 12.6. The number of anilines is 2. The van der Waals surface area contributed by atoms with E-state index in [0.29, 0.717) is 24.4 Å². The number of rotatable bonds is 5. The quantitative estimate of drug-likeness (QED) is 0.643. The van der Waals surface area contributed by atoms with Crippen LogP contribution in [0.1, 0.15) is 12.0 Å². The zero-order valence-electron chi connectivity index (χ0n) is 9.88. The Labute approximate surface area is 106 Å². The second kappa shape index (κ2) is 6.08. The van der Waals surface area contributed by atoms with Gasteiger partial charge in [-0.15, -0.1) is 0 Å². The zero-order valence-corrected chi connectivity index (χ0v) is 10.7. The Morgan fingerprint density at radius 2 is 2.06 bits per heavy atom. The highest BCUT2D eigenvalue weighted by atomic mass is 32.2. The van der Waals surface area contributed by atoms with Crippen LogP contribution in [-0.4, -0.2) is 22.8 Å². The molecule has 0 saturated heterocycles. The van der Waals surface area contributed by atoms with Crippen LogP contribution >= 0.6 is 0 Å². The topological polar surface area (TPSA) is 55.1 Å². The lowest BCUT2D eigenvalue weighted by Crippen LogP contribution is -2.11. The second-order valence-corrected chi connectivity index (χ2v) is 5.41. The predicted octanol–water partition coefficient (Wildman–Crippen LogP) is 2.47. The third-order valence-corrected chi connectivity index (χ3v) is 3.16. The highest BCUT2D eigenvalue weighted by Crippen LogP contribution is 2.35. The van der Waals surface area contributed by atoms with Gasteiger partial charge >= 0.3 is 6.18 Å². The average Bonchev–Trinajstić information content (AvgIpc) is 2.24. The van der Waals surface area contributed by atoms with Crippen LogP contribution in [0.2, 0.25) is 0 Å². The molecule has 1 aromatic rings. The number of nitrogen functional groups attached to an aromatic ring is 1. The lowest BCUT2D eigenvalue weighted by molar-refractivity contribution is -0.136. The molecule has 0 aliphatic heterocycles. The second-order valence-electron chi connectivity index (χ2n) is 3.86. The van der Waals surface area contributed by atoms with Gasteiger partial charge in [0.1, 0.15) is 0 Å². The van der Waals surface area contributed by atoms with E-state index < -0.39 is 22.5 Å². The Morgan fingerprint density at radius 3 is 2.61 bits per heavy atom. The van der Waals surface area contributed by atoms with E-state index in [0.717, 1.165) is 6.07 Å². The molecule has 3 nitrogen and oxygen atoms in total. The first-order valence-electron chi connectivity index (χ1n) is 5.31. The molecule has 18 heavy (non-hydrogen) atoms. The summed E-state index contributed by atoms with van der Waals surface area (Å²) in [5.41, 5.74) is 4.51. The molecule has 0 aliphatic carbocycles. The first kappa shape index (κ1) is 14.8. The Kier molecular flexibility index (Phi) is 5.01. The SMILES string of the molecule is CS(=O)CCCNc1ccc(N)c(C(F)(F)F)c1. The molecular weight excluding hydrogens is 265 g/mol. The number of nitrogens with one attached hydrogen (secondary N) is 1. The molecule has 7 heteroatoms. The Hall–Kier alpha value is -1.24. The van der Waals surface area contributed by atoms with Crippen LogP contribution in [0.4, 0.5) is 24.5 Å². The Balaban J connectivity index is 2.65. The number of nitrogens with two attached hydrogens (primary N) is 1. The van der Waals surface area contributed by atoms with Gasteiger partial charge in [0, 0.05) is 40.7 Å². The van der Waals surface area contributed by atoms with Crippen molar-refractivity contribution in [2.75, 3.05) is 29.6 Å². The van der Waals surface area contributed by atoms with Crippen molar-refractivity contribution in [2.45, 2.75) is 12.6 Å². The number of hydrogen-bond donors (Lipinski definition) is 2. The molecule has 1 unspecified atom stereocenters. The van der Waals surface area contributed by atoms with Crippen LogP contribution in [0.3, 0.4) is 0 Å². The van der Waals surface area contributed by atoms with E-state index in [-0.39, 0.29) is 5.69 Å². The van der Waals surface area contributed by atoms with Gasteiger partial charge in [0.05, 0.1) is 5.56 Å². The average molecular weight is 280 g/mol. The number of benzene rings is 1. The van der Waals surface area contributed by atoms with Gasteiger partial charge in [0.2, 0.25) is 0 Å². The molecular formula is C11H15F3N2OS. The molecule has 1 rings (SSSR count). The third kappa shape index (κ3) is 4.56. The molecule has 1 atom stereocenters. The maximum atomic E-state index is 12.6. The summed E-state index contributed by atoms with van der Waals surface area (Å²) in [6.07, 6.45) is -2.23. The largest absolute Gasteiger partial charge is 0.418 e. The molecule has 0 aliphatic rings. The molecule has 0 spiro atoms. The van der Waals surface area contributed by atoms with Crippen LogP contribution in [0, 0.1) is 0 Å². The van der Waals surface area contributed by atoms with Gasteiger partial charge in [-0.25, -0.2) is 0 Å². The monoisotopic (exact) mass is 280 g/mol. The minimum Gasteiger partial charge on any atom is -0.398 e. The zero-order chi connectivity index (χ0) is 13.8. The molecule has 0 heterocycles. The smallest absolute Gasteiger partial charge is 0.398 e.